The second-order valence-corrected chi connectivity index (χ2v) is 9.22. The van der Waals surface area contributed by atoms with Gasteiger partial charge in [0.2, 0.25) is 11.6 Å². The third kappa shape index (κ3) is 8.19. The van der Waals surface area contributed by atoms with Gasteiger partial charge in [-0.15, -0.1) is 0 Å². The highest BCUT2D eigenvalue weighted by Gasteiger charge is 2.38. The van der Waals surface area contributed by atoms with E-state index >= 15 is 0 Å². The van der Waals surface area contributed by atoms with Crippen LogP contribution >= 0.6 is 0 Å². The van der Waals surface area contributed by atoms with Crippen molar-refractivity contribution in [1.82, 2.24) is 10.2 Å². The van der Waals surface area contributed by atoms with Crippen LogP contribution in [0.3, 0.4) is 0 Å². The van der Waals surface area contributed by atoms with Gasteiger partial charge in [0.25, 0.3) is 0 Å². The van der Waals surface area contributed by atoms with Crippen LogP contribution in [0.2, 0.25) is 0 Å². The number of carbonyl (C=O) groups is 1. The predicted octanol–water partition coefficient (Wildman–Crippen LogP) is 4.71. The predicted molar refractivity (Wildman–Crippen MR) is 119 cm³/mol. The maximum Gasteiger partial charge on any atom is 0.410 e. The van der Waals surface area contributed by atoms with E-state index in [-0.39, 0.29) is 23.5 Å². The Morgan fingerprint density at radius 3 is 2.26 bits per heavy atom. The third-order valence-electron chi connectivity index (χ3n) is 5.52. The fourth-order valence-electron chi connectivity index (χ4n) is 3.71. The molecule has 0 unspecified atom stereocenters. The molecule has 0 atom stereocenters. The second kappa shape index (κ2) is 11.1. The van der Waals surface area contributed by atoms with Crippen LogP contribution in [-0.4, -0.2) is 54.4 Å². The number of halogens is 1. The lowest BCUT2D eigenvalue weighted by atomic mass is 9.83. The van der Waals surface area contributed by atoms with E-state index in [0.717, 1.165) is 50.8 Å². The Morgan fingerprint density at radius 1 is 1.19 bits per heavy atom. The van der Waals surface area contributed by atoms with Gasteiger partial charge in [-0.1, -0.05) is 12.1 Å². The van der Waals surface area contributed by atoms with Crippen LogP contribution < -0.4 is 5.32 Å². The summed E-state index contributed by atoms with van der Waals surface area (Å²) in [6.07, 6.45) is 3.78. The number of nitrogens with zero attached hydrogens (tertiary/aromatic N) is 3. The monoisotopic (exact) mass is 428 g/mol. The number of rotatable bonds is 2. The number of ether oxygens (including phenoxy) is 1. The second-order valence-electron chi connectivity index (χ2n) is 9.22. The summed E-state index contributed by atoms with van der Waals surface area (Å²) < 4.78 is 18.0. The van der Waals surface area contributed by atoms with Crippen LogP contribution in [0.5, 0.6) is 0 Å². The van der Waals surface area contributed by atoms with Crippen molar-refractivity contribution in [3.63, 3.8) is 0 Å². The quantitative estimate of drug-likeness (QED) is 0.694. The summed E-state index contributed by atoms with van der Waals surface area (Å²) in [6.45, 7) is 22.9. The SMILES string of the molecule is [C-]#[N+]C1(Cc2ccc(F)cc2)CCNCC1.[C-]#[N+]C1CCN(C(=O)OC(C)(C)C)CC1. The van der Waals surface area contributed by atoms with Gasteiger partial charge in [0.05, 0.1) is 6.42 Å². The summed E-state index contributed by atoms with van der Waals surface area (Å²) in [5, 5.41) is 3.27. The molecule has 0 aromatic heterocycles. The fourth-order valence-corrected chi connectivity index (χ4v) is 3.71. The van der Waals surface area contributed by atoms with Gasteiger partial charge in [0.15, 0.2) is 0 Å². The lowest BCUT2D eigenvalue weighted by Crippen LogP contribution is -2.42. The molecule has 1 aromatic carbocycles. The van der Waals surface area contributed by atoms with Crippen molar-refractivity contribution in [2.24, 2.45) is 0 Å². The van der Waals surface area contributed by atoms with Gasteiger partial charge in [-0.25, -0.2) is 22.3 Å². The van der Waals surface area contributed by atoms with E-state index in [1.165, 1.54) is 12.1 Å². The van der Waals surface area contributed by atoms with E-state index in [0.29, 0.717) is 13.1 Å². The molecule has 2 fully saturated rings. The molecular weight excluding hydrogens is 395 g/mol. The smallest absolute Gasteiger partial charge is 0.410 e. The first-order valence-electron chi connectivity index (χ1n) is 10.8. The van der Waals surface area contributed by atoms with Crippen molar-refractivity contribution >= 4 is 6.09 Å². The number of carbonyl (C=O) groups excluding carboxylic acids is 1. The molecule has 2 aliphatic heterocycles. The summed E-state index contributed by atoms with van der Waals surface area (Å²) in [7, 11) is 0. The van der Waals surface area contributed by atoms with Crippen molar-refractivity contribution in [3.8, 4) is 0 Å². The summed E-state index contributed by atoms with van der Waals surface area (Å²) in [6, 6.07) is 6.58. The number of benzene rings is 1. The molecule has 1 N–H and O–H groups in total. The van der Waals surface area contributed by atoms with Crippen LogP contribution in [0.15, 0.2) is 24.3 Å². The number of likely N-dealkylation sites (tertiary alicyclic amines) is 1. The van der Waals surface area contributed by atoms with E-state index in [9.17, 15) is 9.18 Å². The minimum atomic E-state index is -0.437. The molecule has 1 aromatic rings. The van der Waals surface area contributed by atoms with E-state index in [4.69, 9.17) is 17.9 Å². The van der Waals surface area contributed by atoms with E-state index in [1.807, 2.05) is 20.8 Å². The van der Waals surface area contributed by atoms with Crippen molar-refractivity contribution < 1.29 is 13.9 Å². The number of hydrogen-bond donors (Lipinski definition) is 1. The maximum atomic E-state index is 12.8. The number of amides is 1. The Balaban J connectivity index is 0.000000221. The Bertz CT molecular complexity index is 791. The summed E-state index contributed by atoms with van der Waals surface area (Å²) >= 11 is 0. The fraction of sp³-hybridized carbons (Fsp3) is 0.625. The molecular formula is C24H33FN4O2. The van der Waals surface area contributed by atoms with Gasteiger partial charge < -0.3 is 24.6 Å². The molecule has 2 saturated heterocycles. The van der Waals surface area contributed by atoms with Crippen LogP contribution in [0, 0.1) is 19.0 Å². The van der Waals surface area contributed by atoms with Crippen LogP contribution in [0.1, 0.15) is 52.0 Å². The van der Waals surface area contributed by atoms with E-state index in [1.54, 1.807) is 17.0 Å². The minimum absolute atomic E-state index is 0.0867. The van der Waals surface area contributed by atoms with Gasteiger partial charge in [-0.2, -0.15) is 0 Å². The largest absolute Gasteiger partial charge is 0.444 e. The van der Waals surface area contributed by atoms with Crippen molar-refractivity contribution in [3.05, 3.63) is 58.5 Å². The molecule has 2 heterocycles. The summed E-state index contributed by atoms with van der Waals surface area (Å²) in [4.78, 5) is 20.6. The summed E-state index contributed by atoms with van der Waals surface area (Å²) in [5.41, 5.74) is 0.343. The maximum absolute atomic E-state index is 12.8. The lowest BCUT2D eigenvalue weighted by Gasteiger charge is -2.30. The molecule has 0 aliphatic carbocycles. The molecule has 168 valence electrons. The molecule has 7 heteroatoms. The zero-order valence-corrected chi connectivity index (χ0v) is 18.8. The van der Waals surface area contributed by atoms with E-state index < -0.39 is 5.60 Å². The standard InChI is InChI=1S/C13H15FN2.C11H18N2O2/c1-15-13(6-8-16-9-7-13)10-11-2-4-12(14)5-3-11;1-11(2,3)15-10(14)13-7-5-9(12-4)6-8-13/h2-5,16H,6-10H2;9H,5-8H2,1-3H3. The van der Waals surface area contributed by atoms with Gasteiger partial charge in [-0.05, 0) is 38.5 Å². The topological polar surface area (TPSA) is 50.3 Å². The van der Waals surface area contributed by atoms with Crippen molar-refractivity contribution in [1.29, 1.82) is 0 Å². The van der Waals surface area contributed by atoms with Crippen molar-refractivity contribution in [2.45, 2.75) is 70.1 Å². The van der Waals surface area contributed by atoms with Crippen LogP contribution in [0.25, 0.3) is 9.69 Å². The Labute approximate surface area is 185 Å². The third-order valence-corrected chi connectivity index (χ3v) is 5.52. The van der Waals surface area contributed by atoms with Crippen molar-refractivity contribution in [2.75, 3.05) is 26.2 Å². The van der Waals surface area contributed by atoms with E-state index in [2.05, 4.69) is 15.0 Å². The molecule has 2 aliphatic rings. The lowest BCUT2D eigenvalue weighted by molar-refractivity contribution is 0.0213. The number of hydrogen-bond acceptors (Lipinski definition) is 3. The highest BCUT2D eigenvalue weighted by atomic mass is 19.1. The Hall–Kier alpha value is -2.64. The molecule has 0 radical (unpaired) electrons. The molecule has 0 bridgehead atoms. The Morgan fingerprint density at radius 2 is 1.77 bits per heavy atom. The molecule has 3 rings (SSSR count). The van der Waals surface area contributed by atoms with Crippen LogP contribution in [0.4, 0.5) is 9.18 Å². The number of nitrogens with one attached hydrogen (secondary N) is 1. The average molecular weight is 429 g/mol. The zero-order chi connectivity index (χ0) is 22.9. The normalized spacial score (nSPS) is 18.7. The zero-order valence-electron chi connectivity index (χ0n) is 18.8. The first-order chi connectivity index (χ1) is 14.7. The first kappa shape index (κ1) is 24.6. The Kier molecular flexibility index (Phi) is 8.83. The van der Waals surface area contributed by atoms with Gasteiger partial charge in [-0.3, -0.25) is 0 Å². The number of piperidine rings is 2. The van der Waals surface area contributed by atoms with Crippen LogP contribution in [-0.2, 0) is 11.2 Å². The molecule has 0 saturated carbocycles. The minimum Gasteiger partial charge on any atom is -0.444 e. The molecule has 6 nitrogen and oxygen atoms in total. The molecule has 31 heavy (non-hydrogen) atoms. The average Bonchev–Trinajstić information content (AvgIpc) is 2.75. The summed E-state index contributed by atoms with van der Waals surface area (Å²) in [5.74, 6) is -0.217. The highest BCUT2D eigenvalue weighted by Crippen LogP contribution is 2.28. The molecule has 1 amide bonds. The first-order valence-corrected chi connectivity index (χ1v) is 10.8. The molecule has 0 spiro atoms. The van der Waals surface area contributed by atoms with Gasteiger partial charge >= 0.3 is 6.09 Å². The highest BCUT2D eigenvalue weighted by molar-refractivity contribution is 5.68. The van der Waals surface area contributed by atoms with Gasteiger partial charge in [0, 0.05) is 51.9 Å². The van der Waals surface area contributed by atoms with Gasteiger partial charge in [0.1, 0.15) is 11.4 Å².